The Balaban J connectivity index is 1.62. The minimum Gasteiger partial charge on any atom is -0.305 e. The van der Waals surface area contributed by atoms with E-state index in [0.29, 0.717) is 12.5 Å². The molecule has 3 aromatic carbocycles. The van der Waals surface area contributed by atoms with Gasteiger partial charge in [-0.1, -0.05) is 60.2 Å². The van der Waals surface area contributed by atoms with Gasteiger partial charge in [0.25, 0.3) is 0 Å². The monoisotopic (exact) mass is 474 g/mol. The molecule has 0 radical (unpaired) electrons. The van der Waals surface area contributed by atoms with E-state index >= 15 is 0 Å². The summed E-state index contributed by atoms with van der Waals surface area (Å²) in [7, 11) is 0. The molecule has 3 nitrogen and oxygen atoms in total. The molecule has 0 aromatic heterocycles. The first-order valence-corrected chi connectivity index (χ1v) is 12.2. The van der Waals surface area contributed by atoms with Crippen molar-refractivity contribution in [3.8, 4) is 0 Å². The zero-order chi connectivity index (χ0) is 24.8. The molecule has 0 fully saturated rings. The summed E-state index contributed by atoms with van der Waals surface area (Å²) < 4.78 is 27.7. The smallest absolute Gasteiger partial charge is 0.305 e. The Morgan fingerprint density at radius 2 is 1.83 bits per heavy atom. The Morgan fingerprint density at radius 1 is 1.03 bits per heavy atom. The molecule has 0 saturated heterocycles. The van der Waals surface area contributed by atoms with Crippen LogP contribution < -0.4 is 5.32 Å². The summed E-state index contributed by atoms with van der Waals surface area (Å²) >= 11 is 0. The van der Waals surface area contributed by atoms with Gasteiger partial charge in [0.1, 0.15) is 11.6 Å². The lowest BCUT2D eigenvalue weighted by Crippen LogP contribution is -2.35. The van der Waals surface area contributed by atoms with Crippen LogP contribution in [0.25, 0.3) is 0 Å². The van der Waals surface area contributed by atoms with Crippen LogP contribution in [0.1, 0.15) is 47.9 Å². The lowest BCUT2D eigenvalue weighted by atomic mass is 9.91. The number of hydrogen-bond donors (Lipinski definition) is 1. The standard InChI is InChI=1S/C30H32F2N2O/c1-21-12-13-22(2)25(16-21)20-34(30(35)33-29-15-14-26(31)19-28(29)32)27-11-7-6-10-24(18-27)17-23-8-4-3-5-9-23/h3-5,8-9,11-16,19,24H,6-7,10,17-18,20H2,1-2H3,(H,33,35). The molecule has 5 heteroatoms. The van der Waals surface area contributed by atoms with Gasteiger partial charge in [-0.3, -0.25) is 4.90 Å². The highest BCUT2D eigenvalue weighted by molar-refractivity contribution is 5.90. The molecule has 1 unspecified atom stereocenters. The molecule has 35 heavy (non-hydrogen) atoms. The fourth-order valence-corrected chi connectivity index (χ4v) is 4.72. The molecule has 0 bridgehead atoms. The number of rotatable bonds is 6. The summed E-state index contributed by atoms with van der Waals surface area (Å²) in [5.74, 6) is -1.06. The summed E-state index contributed by atoms with van der Waals surface area (Å²) in [4.78, 5) is 15.3. The summed E-state index contributed by atoms with van der Waals surface area (Å²) in [6.07, 6.45) is 6.90. The van der Waals surface area contributed by atoms with Crippen molar-refractivity contribution in [2.45, 2.75) is 52.5 Å². The number of aryl methyl sites for hydroxylation is 2. The predicted octanol–water partition coefficient (Wildman–Crippen LogP) is 7.93. The van der Waals surface area contributed by atoms with Gasteiger partial charge in [-0.25, -0.2) is 13.6 Å². The van der Waals surface area contributed by atoms with Crippen molar-refractivity contribution in [1.82, 2.24) is 4.90 Å². The minimum absolute atomic E-state index is 0.0302. The first kappa shape index (κ1) is 24.6. The third kappa shape index (κ3) is 6.56. The van der Waals surface area contributed by atoms with Crippen LogP contribution in [0, 0.1) is 31.4 Å². The first-order valence-electron chi connectivity index (χ1n) is 12.2. The van der Waals surface area contributed by atoms with Gasteiger partial charge in [-0.15, -0.1) is 0 Å². The molecule has 0 heterocycles. The molecule has 1 aliphatic carbocycles. The topological polar surface area (TPSA) is 32.3 Å². The second-order valence-electron chi connectivity index (χ2n) is 9.46. The maximum absolute atomic E-state index is 14.3. The first-order chi connectivity index (χ1) is 16.9. The maximum atomic E-state index is 14.3. The Labute approximate surface area is 206 Å². The number of urea groups is 1. The van der Waals surface area contributed by atoms with Crippen molar-refractivity contribution in [1.29, 1.82) is 0 Å². The van der Waals surface area contributed by atoms with E-state index in [1.54, 1.807) is 4.90 Å². The molecule has 0 saturated carbocycles. The highest BCUT2D eigenvalue weighted by atomic mass is 19.1. The number of carbonyl (C=O) groups is 1. The molecule has 1 atom stereocenters. The average Bonchev–Trinajstić information content (AvgIpc) is 3.07. The van der Waals surface area contributed by atoms with E-state index in [0.717, 1.165) is 66.6 Å². The van der Waals surface area contributed by atoms with Crippen molar-refractivity contribution in [2.75, 3.05) is 5.32 Å². The lowest BCUT2D eigenvalue weighted by Gasteiger charge is -2.29. The van der Waals surface area contributed by atoms with Crippen LogP contribution in [0.2, 0.25) is 0 Å². The van der Waals surface area contributed by atoms with E-state index in [1.807, 2.05) is 19.9 Å². The van der Waals surface area contributed by atoms with Gasteiger partial charge < -0.3 is 5.32 Å². The fourth-order valence-electron chi connectivity index (χ4n) is 4.72. The fraction of sp³-hybridized carbons (Fsp3) is 0.300. The number of nitrogens with zero attached hydrogens (tertiary/aromatic N) is 1. The van der Waals surface area contributed by atoms with Crippen LogP contribution in [0.15, 0.2) is 78.5 Å². The zero-order valence-electron chi connectivity index (χ0n) is 20.4. The van der Waals surface area contributed by atoms with Gasteiger partial charge in [0.15, 0.2) is 0 Å². The summed E-state index contributed by atoms with van der Waals surface area (Å²) in [6, 6.07) is 19.4. The van der Waals surface area contributed by atoms with Crippen molar-refractivity contribution in [3.63, 3.8) is 0 Å². The van der Waals surface area contributed by atoms with Gasteiger partial charge in [0, 0.05) is 11.8 Å². The SMILES string of the molecule is Cc1ccc(C)c(CN(C(=O)Nc2ccc(F)cc2F)C2=CCCCC(Cc3ccccc3)C2)c1. The van der Waals surface area contributed by atoms with Gasteiger partial charge in [0.05, 0.1) is 12.2 Å². The molecule has 2 amide bonds. The summed E-state index contributed by atoms with van der Waals surface area (Å²) in [5, 5.41) is 2.68. The van der Waals surface area contributed by atoms with E-state index in [1.165, 1.54) is 11.6 Å². The van der Waals surface area contributed by atoms with E-state index < -0.39 is 17.7 Å². The largest absolute Gasteiger partial charge is 0.326 e. The maximum Gasteiger partial charge on any atom is 0.326 e. The summed E-state index contributed by atoms with van der Waals surface area (Å²) in [6.45, 7) is 4.44. The number of nitrogens with one attached hydrogen (secondary N) is 1. The summed E-state index contributed by atoms with van der Waals surface area (Å²) in [5.41, 5.74) is 5.47. The van der Waals surface area contributed by atoms with E-state index in [2.05, 4.69) is 53.9 Å². The van der Waals surface area contributed by atoms with Gasteiger partial charge in [0.2, 0.25) is 0 Å². The molecule has 3 aromatic rings. The minimum atomic E-state index is -0.790. The van der Waals surface area contributed by atoms with Gasteiger partial charge in [-0.2, -0.15) is 0 Å². The second-order valence-corrected chi connectivity index (χ2v) is 9.46. The number of halogens is 2. The van der Waals surface area contributed by atoms with Crippen LogP contribution in [0.3, 0.4) is 0 Å². The number of allylic oxidation sites excluding steroid dienone is 2. The molecule has 4 rings (SSSR count). The number of carbonyl (C=O) groups excluding carboxylic acids is 1. The van der Waals surface area contributed by atoms with Crippen LogP contribution in [-0.4, -0.2) is 10.9 Å². The highest BCUT2D eigenvalue weighted by Crippen LogP contribution is 2.30. The van der Waals surface area contributed by atoms with E-state index in [9.17, 15) is 13.6 Å². The number of benzene rings is 3. The molecule has 0 spiro atoms. The molecule has 0 aliphatic heterocycles. The number of anilines is 1. The third-order valence-corrected chi connectivity index (χ3v) is 6.66. The highest BCUT2D eigenvalue weighted by Gasteiger charge is 2.25. The van der Waals surface area contributed by atoms with Crippen LogP contribution in [-0.2, 0) is 13.0 Å². The second kappa shape index (κ2) is 11.3. The molecule has 182 valence electrons. The quantitative estimate of drug-likeness (QED) is 0.386. The van der Waals surface area contributed by atoms with E-state index in [4.69, 9.17) is 0 Å². The third-order valence-electron chi connectivity index (χ3n) is 6.66. The molecule has 1 aliphatic rings. The van der Waals surface area contributed by atoms with Crippen molar-refractivity contribution in [3.05, 3.63) is 112 Å². The molecular weight excluding hydrogens is 442 g/mol. The molecule has 1 N–H and O–H groups in total. The number of amides is 2. The zero-order valence-corrected chi connectivity index (χ0v) is 20.4. The predicted molar refractivity (Wildman–Crippen MR) is 137 cm³/mol. The van der Waals surface area contributed by atoms with Crippen molar-refractivity contribution >= 4 is 11.7 Å². The Hall–Kier alpha value is -3.47. The Morgan fingerprint density at radius 3 is 2.60 bits per heavy atom. The van der Waals surface area contributed by atoms with Crippen molar-refractivity contribution in [2.24, 2.45) is 5.92 Å². The van der Waals surface area contributed by atoms with E-state index in [-0.39, 0.29) is 5.69 Å². The average molecular weight is 475 g/mol. The lowest BCUT2D eigenvalue weighted by molar-refractivity contribution is 0.219. The van der Waals surface area contributed by atoms with Gasteiger partial charge >= 0.3 is 6.03 Å². The van der Waals surface area contributed by atoms with Crippen LogP contribution >= 0.6 is 0 Å². The number of hydrogen-bond acceptors (Lipinski definition) is 1. The van der Waals surface area contributed by atoms with Crippen LogP contribution in [0.5, 0.6) is 0 Å². The normalized spacial score (nSPS) is 15.8. The molecular formula is C30H32F2N2O. The van der Waals surface area contributed by atoms with Crippen molar-refractivity contribution < 1.29 is 13.6 Å². The van der Waals surface area contributed by atoms with Crippen LogP contribution in [0.4, 0.5) is 19.3 Å². The Kier molecular flexibility index (Phi) is 7.96. The van der Waals surface area contributed by atoms with Gasteiger partial charge in [-0.05, 0) is 80.7 Å². The Bertz CT molecular complexity index is 1210.